The van der Waals surface area contributed by atoms with Crippen LogP contribution in [0.4, 0.5) is 0 Å². The molecule has 0 saturated heterocycles. The largest absolute Gasteiger partial charge is 0.352 e. The van der Waals surface area contributed by atoms with Gasteiger partial charge in [0.05, 0.1) is 17.0 Å². The van der Waals surface area contributed by atoms with Gasteiger partial charge in [-0.2, -0.15) is 10.2 Å². The first-order chi connectivity index (χ1) is 8.04. The minimum atomic E-state index is -0.0801. The second kappa shape index (κ2) is 6.30. The number of rotatable bonds is 5. The fraction of sp³-hybridized carbons (Fsp3) is 0.583. The van der Waals surface area contributed by atoms with Crippen LogP contribution in [0, 0.1) is 19.8 Å². The van der Waals surface area contributed by atoms with E-state index in [1.165, 1.54) is 0 Å². The molecule has 0 fully saturated rings. The number of nitrogens with one attached hydrogen (secondary N) is 2. The Hall–Kier alpha value is -1.49. The third kappa shape index (κ3) is 4.11. The summed E-state index contributed by atoms with van der Waals surface area (Å²) < 4.78 is 0. The minimum Gasteiger partial charge on any atom is -0.352 e. The van der Waals surface area contributed by atoms with Gasteiger partial charge in [0.2, 0.25) is 0 Å². The number of hydrogen-bond donors (Lipinski definition) is 2. The van der Waals surface area contributed by atoms with E-state index in [1.807, 2.05) is 14.0 Å². The number of carbonyl (C=O) groups excluding carboxylic acids is 1. The van der Waals surface area contributed by atoms with E-state index >= 15 is 0 Å². The number of aryl methyl sites for hydroxylation is 2. The number of amides is 1. The zero-order chi connectivity index (χ0) is 12.8. The lowest BCUT2D eigenvalue weighted by Crippen LogP contribution is -2.32. The Balaban J connectivity index is 2.61. The Bertz CT molecular complexity index is 392. The smallest absolute Gasteiger partial charge is 0.253 e. The maximum atomic E-state index is 11.9. The maximum absolute atomic E-state index is 11.9. The van der Waals surface area contributed by atoms with Crippen molar-refractivity contribution in [3.8, 4) is 0 Å². The van der Waals surface area contributed by atoms with E-state index in [0.717, 1.165) is 12.2 Å². The summed E-state index contributed by atoms with van der Waals surface area (Å²) in [5.41, 5.74) is 2.02. The Morgan fingerprint density at radius 2 is 2.06 bits per heavy atom. The SMILES string of the molecule is CNCC(C)CNC(=O)c1cc(C)nnc1C. The molecule has 0 aliphatic heterocycles. The van der Waals surface area contributed by atoms with Crippen LogP contribution in [0.5, 0.6) is 0 Å². The number of aromatic nitrogens is 2. The van der Waals surface area contributed by atoms with Crippen molar-refractivity contribution in [2.75, 3.05) is 20.1 Å². The van der Waals surface area contributed by atoms with Crippen LogP contribution >= 0.6 is 0 Å². The van der Waals surface area contributed by atoms with Crippen molar-refractivity contribution in [3.05, 3.63) is 23.0 Å². The quantitative estimate of drug-likeness (QED) is 0.789. The standard InChI is InChI=1S/C12H20N4O/c1-8(6-13-4)7-14-12(17)11-5-9(2)15-16-10(11)3/h5,8,13H,6-7H2,1-4H3,(H,14,17). The maximum Gasteiger partial charge on any atom is 0.253 e. The molecule has 0 bridgehead atoms. The van der Waals surface area contributed by atoms with E-state index < -0.39 is 0 Å². The third-order valence-electron chi connectivity index (χ3n) is 2.51. The van der Waals surface area contributed by atoms with Gasteiger partial charge in [-0.25, -0.2) is 0 Å². The molecule has 94 valence electrons. The molecule has 1 rings (SSSR count). The van der Waals surface area contributed by atoms with Gasteiger partial charge in [0, 0.05) is 6.54 Å². The lowest BCUT2D eigenvalue weighted by molar-refractivity contribution is 0.0946. The topological polar surface area (TPSA) is 66.9 Å². The molecule has 1 atom stereocenters. The Morgan fingerprint density at radius 3 is 2.71 bits per heavy atom. The first-order valence-corrected chi connectivity index (χ1v) is 5.78. The van der Waals surface area contributed by atoms with Gasteiger partial charge in [0.25, 0.3) is 5.91 Å². The van der Waals surface area contributed by atoms with E-state index in [9.17, 15) is 4.79 Å². The summed E-state index contributed by atoms with van der Waals surface area (Å²) in [6, 6.07) is 1.76. The highest BCUT2D eigenvalue weighted by molar-refractivity contribution is 5.95. The van der Waals surface area contributed by atoms with E-state index in [-0.39, 0.29) is 5.91 Å². The van der Waals surface area contributed by atoms with E-state index in [4.69, 9.17) is 0 Å². The fourth-order valence-electron chi connectivity index (χ4n) is 1.56. The van der Waals surface area contributed by atoms with Crippen molar-refractivity contribution in [2.45, 2.75) is 20.8 Å². The van der Waals surface area contributed by atoms with Crippen molar-refractivity contribution in [3.63, 3.8) is 0 Å². The molecule has 1 aromatic heterocycles. The van der Waals surface area contributed by atoms with Crippen molar-refractivity contribution in [2.24, 2.45) is 5.92 Å². The minimum absolute atomic E-state index is 0.0801. The molecule has 17 heavy (non-hydrogen) atoms. The second-order valence-electron chi connectivity index (χ2n) is 4.36. The van der Waals surface area contributed by atoms with Crippen LogP contribution in [0.25, 0.3) is 0 Å². The Labute approximate surface area is 102 Å². The van der Waals surface area contributed by atoms with E-state index in [2.05, 4.69) is 27.8 Å². The molecule has 2 N–H and O–H groups in total. The van der Waals surface area contributed by atoms with E-state index in [1.54, 1.807) is 13.0 Å². The highest BCUT2D eigenvalue weighted by Crippen LogP contribution is 2.05. The molecule has 0 saturated carbocycles. The van der Waals surface area contributed by atoms with Crippen LogP contribution < -0.4 is 10.6 Å². The molecule has 1 amide bonds. The highest BCUT2D eigenvalue weighted by Gasteiger charge is 2.11. The van der Waals surface area contributed by atoms with Crippen molar-refractivity contribution < 1.29 is 4.79 Å². The van der Waals surface area contributed by atoms with Gasteiger partial charge in [0.15, 0.2) is 0 Å². The summed E-state index contributed by atoms with van der Waals surface area (Å²) in [6.45, 7) is 7.23. The van der Waals surface area contributed by atoms with Crippen LogP contribution in [0.3, 0.4) is 0 Å². The Kier molecular flexibility index (Phi) is 5.03. The average molecular weight is 236 g/mol. The molecule has 5 heteroatoms. The summed E-state index contributed by atoms with van der Waals surface area (Å²) in [7, 11) is 1.90. The van der Waals surface area contributed by atoms with Crippen LogP contribution in [0.2, 0.25) is 0 Å². The predicted molar refractivity (Wildman–Crippen MR) is 66.9 cm³/mol. The Morgan fingerprint density at radius 1 is 1.35 bits per heavy atom. The third-order valence-corrected chi connectivity index (χ3v) is 2.51. The summed E-state index contributed by atoms with van der Waals surface area (Å²) in [6.07, 6.45) is 0. The lowest BCUT2D eigenvalue weighted by Gasteiger charge is -2.12. The van der Waals surface area contributed by atoms with Gasteiger partial charge in [0.1, 0.15) is 0 Å². The average Bonchev–Trinajstić information content (AvgIpc) is 2.29. The summed E-state index contributed by atoms with van der Waals surface area (Å²) in [5.74, 6) is 0.323. The molecule has 1 aromatic rings. The molecule has 0 aromatic carbocycles. The summed E-state index contributed by atoms with van der Waals surface area (Å²) in [4.78, 5) is 11.9. The normalized spacial score (nSPS) is 12.2. The molecule has 1 heterocycles. The number of carbonyl (C=O) groups is 1. The van der Waals surface area contributed by atoms with Gasteiger partial charge < -0.3 is 10.6 Å². The molecule has 0 aliphatic rings. The van der Waals surface area contributed by atoms with Crippen LogP contribution in [-0.4, -0.2) is 36.2 Å². The summed E-state index contributed by atoms with van der Waals surface area (Å²) in [5, 5.41) is 13.8. The monoisotopic (exact) mass is 236 g/mol. The van der Waals surface area contributed by atoms with Gasteiger partial charge in [-0.05, 0) is 39.4 Å². The molecular weight excluding hydrogens is 216 g/mol. The first kappa shape index (κ1) is 13.6. The van der Waals surface area contributed by atoms with Crippen molar-refractivity contribution in [1.82, 2.24) is 20.8 Å². The zero-order valence-electron chi connectivity index (χ0n) is 10.9. The van der Waals surface area contributed by atoms with Crippen molar-refractivity contribution >= 4 is 5.91 Å². The predicted octanol–water partition coefficient (Wildman–Crippen LogP) is 0.679. The zero-order valence-corrected chi connectivity index (χ0v) is 10.9. The molecule has 5 nitrogen and oxygen atoms in total. The highest BCUT2D eigenvalue weighted by atomic mass is 16.1. The number of hydrogen-bond acceptors (Lipinski definition) is 4. The second-order valence-corrected chi connectivity index (χ2v) is 4.36. The van der Waals surface area contributed by atoms with Gasteiger partial charge in [-0.3, -0.25) is 4.79 Å². The fourth-order valence-corrected chi connectivity index (χ4v) is 1.56. The van der Waals surface area contributed by atoms with Crippen LogP contribution in [0.1, 0.15) is 28.7 Å². The van der Waals surface area contributed by atoms with Crippen molar-refractivity contribution in [1.29, 1.82) is 0 Å². The molecule has 0 aliphatic carbocycles. The van der Waals surface area contributed by atoms with Crippen LogP contribution in [-0.2, 0) is 0 Å². The molecule has 1 unspecified atom stereocenters. The summed E-state index contributed by atoms with van der Waals surface area (Å²) >= 11 is 0. The van der Waals surface area contributed by atoms with E-state index in [0.29, 0.717) is 23.7 Å². The molecular formula is C12H20N4O. The lowest BCUT2D eigenvalue weighted by atomic mass is 10.1. The van der Waals surface area contributed by atoms with Crippen LogP contribution in [0.15, 0.2) is 6.07 Å². The first-order valence-electron chi connectivity index (χ1n) is 5.78. The van der Waals surface area contributed by atoms with Gasteiger partial charge >= 0.3 is 0 Å². The molecule has 0 spiro atoms. The number of nitrogens with zero attached hydrogens (tertiary/aromatic N) is 2. The molecule has 0 radical (unpaired) electrons. The van der Waals surface area contributed by atoms with Gasteiger partial charge in [-0.15, -0.1) is 0 Å². The van der Waals surface area contributed by atoms with Gasteiger partial charge in [-0.1, -0.05) is 6.92 Å².